The zero-order chi connectivity index (χ0) is 12.7. The number of hydrogen-bond donors (Lipinski definition) is 0. The lowest BCUT2D eigenvalue weighted by molar-refractivity contribution is 0.323. The molecule has 0 aliphatic rings. The molecule has 1 rings (SSSR count). The van der Waals surface area contributed by atoms with Crippen molar-refractivity contribution in [2.24, 2.45) is 0 Å². The van der Waals surface area contributed by atoms with E-state index in [2.05, 4.69) is 11.0 Å². The SMILES string of the molecule is COc1ccc(CN(C)CCC#N)c(OC)c1. The van der Waals surface area contributed by atoms with Crippen LogP contribution in [-0.4, -0.2) is 32.7 Å². The van der Waals surface area contributed by atoms with Gasteiger partial charge < -0.3 is 14.4 Å². The molecule has 0 fully saturated rings. The fraction of sp³-hybridized carbons (Fsp3) is 0.462. The summed E-state index contributed by atoms with van der Waals surface area (Å²) in [6.45, 7) is 1.51. The highest BCUT2D eigenvalue weighted by Gasteiger charge is 2.07. The molecule has 92 valence electrons. The molecule has 0 saturated heterocycles. The first-order valence-electron chi connectivity index (χ1n) is 5.47. The Kier molecular flexibility index (Phi) is 5.31. The van der Waals surface area contributed by atoms with E-state index in [0.717, 1.165) is 30.2 Å². The first-order valence-corrected chi connectivity index (χ1v) is 5.47. The van der Waals surface area contributed by atoms with Crippen LogP contribution >= 0.6 is 0 Å². The normalized spacial score (nSPS) is 10.1. The standard InChI is InChI=1S/C13H18N2O2/c1-15(8-4-7-14)10-11-5-6-12(16-2)9-13(11)17-3/h5-6,9H,4,8,10H2,1-3H3. The molecule has 4 heteroatoms. The molecular weight excluding hydrogens is 216 g/mol. The smallest absolute Gasteiger partial charge is 0.127 e. The maximum absolute atomic E-state index is 8.53. The highest BCUT2D eigenvalue weighted by atomic mass is 16.5. The lowest BCUT2D eigenvalue weighted by atomic mass is 10.1. The summed E-state index contributed by atoms with van der Waals surface area (Å²) in [5.41, 5.74) is 1.09. The Hall–Kier alpha value is -1.73. The van der Waals surface area contributed by atoms with Gasteiger partial charge in [-0.05, 0) is 13.1 Å². The molecule has 0 heterocycles. The predicted molar refractivity (Wildman–Crippen MR) is 66.1 cm³/mol. The van der Waals surface area contributed by atoms with Gasteiger partial charge in [-0.15, -0.1) is 0 Å². The molecule has 0 saturated carbocycles. The summed E-state index contributed by atoms with van der Waals surface area (Å²) in [4.78, 5) is 2.09. The number of ether oxygens (including phenoxy) is 2. The van der Waals surface area contributed by atoms with E-state index in [1.165, 1.54) is 0 Å². The largest absolute Gasteiger partial charge is 0.497 e. The Morgan fingerprint density at radius 2 is 2.06 bits per heavy atom. The van der Waals surface area contributed by atoms with Crippen molar-refractivity contribution in [1.82, 2.24) is 4.90 Å². The highest BCUT2D eigenvalue weighted by Crippen LogP contribution is 2.25. The van der Waals surface area contributed by atoms with Crippen LogP contribution in [0.5, 0.6) is 11.5 Å². The molecule has 1 aromatic carbocycles. The second-order valence-electron chi connectivity index (χ2n) is 3.82. The van der Waals surface area contributed by atoms with Gasteiger partial charge in [0.25, 0.3) is 0 Å². The van der Waals surface area contributed by atoms with Crippen molar-refractivity contribution in [3.8, 4) is 17.6 Å². The van der Waals surface area contributed by atoms with Crippen LogP contribution in [-0.2, 0) is 6.54 Å². The van der Waals surface area contributed by atoms with Crippen LogP contribution in [0.25, 0.3) is 0 Å². The lowest BCUT2D eigenvalue weighted by Gasteiger charge is -2.17. The van der Waals surface area contributed by atoms with Crippen molar-refractivity contribution in [2.45, 2.75) is 13.0 Å². The van der Waals surface area contributed by atoms with E-state index in [4.69, 9.17) is 14.7 Å². The van der Waals surface area contributed by atoms with Crippen molar-refractivity contribution in [3.63, 3.8) is 0 Å². The highest BCUT2D eigenvalue weighted by molar-refractivity contribution is 5.40. The van der Waals surface area contributed by atoms with Crippen LogP contribution in [0, 0.1) is 11.3 Å². The summed E-state index contributed by atoms with van der Waals surface area (Å²) in [5, 5.41) is 8.53. The Bertz CT molecular complexity index is 399. The van der Waals surface area contributed by atoms with Gasteiger partial charge in [0.05, 0.1) is 20.3 Å². The third kappa shape index (κ3) is 3.97. The second-order valence-corrected chi connectivity index (χ2v) is 3.82. The maximum atomic E-state index is 8.53. The summed E-state index contributed by atoms with van der Waals surface area (Å²) in [6, 6.07) is 7.91. The second kappa shape index (κ2) is 6.77. The molecule has 4 nitrogen and oxygen atoms in total. The fourth-order valence-electron chi connectivity index (χ4n) is 1.59. The quantitative estimate of drug-likeness (QED) is 0.755. The van der Waals surface area contributed by atoms with Crippen molar-refractivity contribution in [2.75, 3.05) is 27.8 Å². The average molecular weight is 234 g/mol. The van der Waals surface area contributed by atoms with E-state index in [0.29, 0.717) is 6.42 Å². The van der Waals surface area contributed by atoms with Crippen LogP contribution in [0.3, 0.4) is 0 Å². The van der Waals surface area contributed by atoms with E-state index >= 15 is 0 Å². The summed E-state index contributed by atoms with van der Waals surface area (Å²) in [7, 11) is 5.27. The van der Waals surface area contributed by atoms with Crippen LogP contribution in [0.4, 0.5) is 0 Å². The summed E-state index contributed by atoms with van der Waals surface area (Å²) in [5.74, 6) is 1.60. The number of nitrogens with zero attached hydrogens (tertiary/aromatic N) is 2. The number of nitriles is 1. The molecule has 1 aromatic rings. The molecule has 0 N–H and O–H groups in total. The van der Waals surface area contributed by atoms with Gasteiger partial charge >= 0.3 is 0 Å². The van der Waals surface area contributed by atoms with Crippen LogP contribution in [0.1, 0.15) is 12.0 Å². The minimum absolute atomic E-state index is 0.537. The molecule has 0 spiro atoms. The summed E-state index contributed by atoms with van der Waals surface area (Å²) < 4.78 is 10.5. The molecule has 0 unspecified atom stereocenters. The number of benzene rings is 1. The van der Waals surface area contributed by atoms with Crippen molar-refractivity contribution >= 4 is 0 Å². The van der Waals surface area contributed by atoms with Crippen LogP contribution in [0.2, 0.25) is 0 Å². The van der Waals surface area contributed by atoms with Gasteiger partial charge in [-0.3, -0.25) is 0 Å². The number of hydrogen-bond acceptors (Lipinski definition) is 4. The van der Waals surface area contributed by atoms with Crippen LogP contribution in [0.15, 0.2) is 18.2 Å². The van der Waals surface area contributed by atoms with Crippen molar-refractivity contribution < 1.29 is 9.47 Å². The van der Waals surface area contributed by atoms with Crippen molar-refractivity contribution in [3.05, 3.63) is 23.8 Å². The van der Waals surface area contributed by atoms with Crippen LogP contribution < -0.4 is 9.47 Å². The zero-order valence-electron chi connectivity index (χ0n) is 10.6. The fourth-order valence-corrected chi connectivity index (χ4v) is 1.59. The molecule has 0 amide bonds. The topological polar surface area (TPSA) is 45.5 Å². The van der Waals surface area contributed by atoms with E-state index in [9.17, 15) is 0 Å². The molecule has 0 aromatic heterocycles. The molecule has 0 atom stereocenters. The van der Waals surface area contributed by atoms with Gasteiger partial charge in [0.1, 0.15) is 11.5 Å². The van der Waals surface area contributed by atoms with Gasteiger partial charge in [0, 0.05) is 31.1 Å². The maximum Gasteiger partial charge on any atom is 0.127 e. The average Bonchev–Trinajstić information content (AvgIpc) is 2.36. The summed E-state index contributed by atoms with van der Waals surface area (Å²) >= 11 is 0. The minimum atomic E-state index is 0.537. The minimum Gasteiger partial charge on any atom is -0.497 e. The third-order valence-electron chi connectivity index (χ3n) is 2.54. The first kappa shape index (κ1) is 13.3. The van der Waals surface area contributed by atoms with Gasteiger partial charge in [0.2, 0.25) is 0 Å². The number of methoxy groups -OCH3 is 2. The number of rotatable bonds is 6. The first-order chi connectivity index (χ1) is 8.21. The van der Waals surface area contributed by atoms with Gasteiger partial charge in [-0.25, -0.2) is 0 Å². The van der Waals surface area contributed by atoms with E-state index in [1.54, 1.807) is 14.2 Å². The van der Waals surface area contributed by atoms with E-state index in [-0.39, 0.29) is 0 Å². The molecule has 0 aliphatic carbocycles. The molecule has 0 radical (unpaired) electrons. The van der Waals surface area contributed by atoms with Gasteiger partial charge in [-0.1, -0.05) is 6.07 Å². The summed E-state index contributed by atoms with van der Waals surface area (Å²) in [6.07, 6.45) is 0.537. The van der Waals surface area contributed by atoms with Crippen molar-refractivity contribution in [1.29, 1.82) is 5.26 Å². The Morgan fingerprint density at radius 1 is 1.29 bits per heavy atom. The molecular formula is C13H18N2O2. The lowest BCUT2D eigenvalue weighted by Crippen LogP contribution is -2.19. The van der Waals surface area contributed by atoms with Gasteiger partial charge in [-0.2, -0.15) is 5.26 Å². The Balaban J connectivity index is 2.73. The molecule has 0 bridgehead atoms. The monoisotopic (exact) mass is 234 g/mol. The molecule has 0 aliphatic heterocycles. The van der Waals surface area contributed by atoms with Gasteiger partial charge in [0.15, 0.2) is 0 Å². The van der Waals surface area contributed by atoms with E-state index < -0.39 is 0 Å². The molecule has 17 heavy (non-hydrogen) atoms. The Labute approximate surface area is 102 Å². The third-order valence-corrected chi connectivity index (χ3v) is 2.54. The van der Waals surface area contributed by atoms with E-state index in [1.807, 2.05) is 25.2 Å². The zero-order valence-corrected chi connectivity index (χ0v) is 10.6. The predicted octanol–water partition coefficient (Wildman–Crippen LogP) is 2.05. The Morgan fingerprint density at radius 3 is 2.65 bits per heavy atom.